The fraction of sp³-hybridized carbons (Fsp3) is 0.625. The molecule has 0 heterocycles. The van der Waals surface area contributed by atoms with Crippen molar-refractivity contribution in [3.05, 3.63) is 34.9 Å². The van der Waals surface area contributed by atoms with Gasteiger partial charge >= 0.3 is 0 Å². The highest BCUT2D eigenvalue weighted by Crippen LogP contribution is 2.34. The second-order valence-electron chi connectivity index (χ2n) is 5.63. The number of benzene rings is 1. The molecule has 0 aromatic heterocycles. The van der Waals surface area contributed by atoms with E-state index in [0.29, 0.717) is 6.04 Å². The van der Waals surface area contributed by atoms with Crippen LogP contribution in [0.25, 0.3) is 0 Å². The lowest BCUT2D eigenvalue weighted by molar-refractivity contribution is 0.466. The van der Waals surface area contributed by atoms with E-state index in [1.165, 1.54) is 42.4 Å². The predicted octanol–water partition coefficient (Wildman–Crippen LogP) is 3.62. The van der Waals surface area contributed by atoms with E-state index in [0.717, 1.165) is 12.5 Å². The van der Waals surface area contributed by atoms with Crippen molar-refractivity contribution in [2.75, 3.05) is 6.54 Å². The topological polar surface area (TPSA) is 12.0 Å². The monoisotopic (exact) mass is 231 g/mol. The van der Waals surface area contributed by atoms with Gasteiger partial charge < -0.3 is 5.32 Å². The van der Waals surface area contributed by atoms with Gasteiger partial charge in [0.2, 0.25) is 0 Å². The van der Waals surface area contributed by atoms with E-state index in [9.17, 15) is 0 Å². The van der Waals surface area contributed by atoms with Crippen LogP contribution in [0.5, 0.6) is 0 Å². The molecule has 0 amide bonds. The summed E-state index contributed by atoms with van der Waals surface area (Å²) in [6, 6.07) is 7.61. The maximum atomic E-state index is 3.64. The number of hydrogen-bond donors (Lipinski definition) is 1. The van der Waals surface area contributed by atoms with Crippen LogP contribution in [0, 0.1) is 19.8 Å². The maximum absolute atomic E-state index is 3.64. The van der Waals surface area contributed by atoms with E-state index in [-0.39, 0.29) is 0 Å². The third-order valence-corrected chi connectivity index (χ3v) is 3.57. The SMILES string of the molecule is CCNC(Cc1cc(C)cc(C)c1)CC1CC1. The number of rotatable bonds is 6. The largest absolute Gasteiger partial charge is 0.314 e. The Kier molecular flexibility index (Phi) is 4.22. The van der Waals surface area contributed by atoms with E-state index in [2.05, 4.69) is 44.3 Å². The van der Waals surface area contributed by atoms with Crippen molar-refractivity contribution < 1.29 is 0 Å². The number of hydrogen-bond acceptors (Lipinski definition) is 1. The summed E-state index contributed by atoms with van der Waals surface area (Å²) in [6.45, 7) is 7.68. The Bertz CT molecular complexity index is 346. The molecule has 1 aliphatic carbocycles. The van der Waals surface area contributed by atoms with Gasteiger partial charge in [-0.25, -0.2) is 0 Å². The summed E-state index contributed by atoms with van der Waals surface area (Å²) in [5.41, 5.74) is 4.28. The first-order valence-corrected chi connectivity index (χ1v) is 6.98. The van der Waals surface area contributed by atoms with Crippen LogP contribution < -0.4 is 5.32 Å². The van der Waals surface area contributed by atoms with Crippen LogP contribution in [-0.4, -0.2) is 12.6 Å². The van der Waals surface area contributed by atoms with Crippen molar-refractivity contribution in [1.82, 2.24) is 5.32 Å². The molecule has 1 aromatic rings. The molecule has 1 atom stereocenters. The van der Waals surface area contributed by atoms with Gasteiger partial charge in [0.05, 0.1) is 0 Å². The van der Waals surface area contributed by atoms with E-state index in [4.69, 9.17) is 0 Å². The number of likely N-dealkylation sites (N-methyl/N-ethyl adjacent to an activating group) is 1. The third kappa shape index (κ3) is 4.16. The van der Waals surface area contributed by atoms with Crippen molar-refractivity contribution in [2.24, 2.45) is 5.92 Å². The molecule has 1 nitrogen and oxygen atoms in total. The Morgan fingerprint density at radius 2 is 1.82 bits per heavy atom. The molecule has 1 aromatic carbocycles. The molecule has 1 saturated carbocycles. The molecule has 0 radical (unpaired) electrons. The Balaban J connectivity index is 1.99. The minimum absolute atomic E-state index is 0.675. The summed E-state index contributed by atoms with van der Waals surface area (Å²) in [4.78, 5) is 0. The Morgan fingerprint density at radius 3 is 2.35 bits per heavy atom. The third-order valence-electron chi connectivity index (χ3n) is 3.57. The van der Waals surface area contributed by atoms with Gasteiger partial charge in [-0.05, 0) is 44.7 Å². The molecule has 1 unspecified atom stereocenters. The zero-order chi connectivity index (χ0) is 12.3. The molecule has 0 spiro atoms. The van der Waals surface area contributed by atoms with E-state index >= 15 is 0 Å². The standard InChI is InChI=1S/C16H25N/c1-4-17-16(10-14-5-6-14)11-15-8-12(2)7-13(3)9-15/h7-9,14,16-17H,4-6,10-11H2,1-3H3. The molecular formula is C16H25N. The van der Waals surface area contributed by atoms with Crippen LogP contribution in [-0.2, 0) is 6.42 Å². The molecule has 0 bridgehead atoms. The zero-order valence-corrected chi connectivity index (χ0v) is 11.4. The first-order chi connectivity index (χ1) is 8.17. The molecule has 0 saturated heterocycles. The lowest BCUT2D eigenvalue weighted by atomic mass is 9.98. The molecule has 1 aliphatic rings. The van der Waals surface area contributed by atoms with Crippen molar-refractivity contribution in [1.29, 1.82) is 0 Å². The molecule has 1 fully saturated rings. The Labute approximate surface area is 106 Å². The summed E-state index contributed by atoms with van der Waals surface area (Å²) in [6.07, 6.45) is 5.46. The van der Waals surface area contributed by atoms with Gasteiger partial charge in [0.15, 0.2) is 0 Å². The fourth-order valence-electron chi connectivity index (χ4n) is 2.75. The van der Waals surface area contributed by atoms with Crippen LogP contribution in [0.4, 0.5) is 0 Å². The average molecular weight is 231 g/mol. The van der Waals surface area contributed by atoms with Gasteiger partial charge in [-0.2, -0.15) is 0 Å². The quantitative estimate of drug-likeness (QED) is 0.788. The van der Waals surface area contributed by atoms with Crippen LogP contribution in [0.15, 0.2) is 18.2 Å². The summed E-state index contributed by atoms with van der Waals surface area (Å²) in [7, 11) is 0. The smallest absolute Gasteiger partial charge is 0.0110 e. The Hall–Kier alpha value is -0.820. The highest BCUT2D eigenvalue weighted by molar-refractivity contribution is 5.29. The van der Waals surface area contributed by atoms with Gasteiger partial charge in [0, 0.05) is 6.04 Å². The van der Waals surface area contributed by atoms with Crippen molar-refractivity contribution in [2.45, 2.75) is 52.5 Å². The van der Waals surface area contributed by atoms with Gasteiger partial charge in [-0.3, -0.25) is 0 Å². The van der Waals surface area contributed by atoms with Crippen LogP contribution in [0.3, 0.4) is 0 Å². The molecule has 0 aliphatic heterocycles. The van der Waals surface area contributed by atoms with Crippen molar-refractivity contribution in [3.8, 4) is 0 Å². The second kappa shape index (κ2) is 5.68. The predicted molar refractivity (Wildman–Crippen MR) is 74.4 cm³/mol. The lowest BCUT2D eigenvalue weighted by Crippen LogP contribution is -2.31. The zero-order valence-electron chi connectivity index (χ0n) is 11.4. The molecule has 94 valence electrons. The molecule has 1 heteroatoms. The number of aryl methyl sites for hydroxylation is 2. The molecule has 1 N–H and O–H groups in total. The highest BCUT2D eigenvalue weighted by Gasteiger charge is 2.25. The normalized spacial score (nSPS) is 17.1. The average Bonchev–Trinajstić information content (AvgIpc) is 3.00. The van der Waals surface area contributed by atoms with Crippen molar-refractivity contribution in [3.63, 3.8) is 0 Å². The Morgan fingerprint density at radius 1 is 1.18 bits per heavy atom. The molecule has 17 heavy (non-hydrogen) atoms. The van der Waals surface area contributed by atoms with E-state index in [1.807, 2.05) is 0 Å². The van der Waals surface area contributed by atoms with E-state index in [1.54, 1.807) is 0 Å². The summed E-state index contributed by atoms with van der Waals surface area (Å²) in [5.74, 6) is 1.00. The van der Waals surface area contributed by atoms with Gasteiger partial charge in [-0.15, -0.1) is 0 Å². The second-order valence-corrected chi connectivity index (χ2v) is 5.63. The lowest BCUT2D eigenvalue weighted by Gasteiger charge is -2.18. The first kappa shape index (κ1) is 12.6. The van der Waals surface area contributed by atoms with Gasteiger partial charge in [0.1, 0.15) is 0 Å². The summed E-state index contributed by atoms with van der Waals surface area (Å²) >= 11 is 0. The summed E-state index contributed by atoms with van der Waals surface area (Å²) in [5, 5.41) is 3.64. The van der Waals surface area contributed by atoms with Gasteiger partial charge in [0.25, 0.3) is 0 Å². The van der Waals surface area contributed by atoms with Crippen LogP contribution in [0.2, 0.25) is 0 Å². The highest BCUT2D eigenvalue weighted by atomic mass is 14.9. The van der Waals surface area contributed by atoms with Crippen LogP contribution >= 0.6 is 0 Å². The number of nitrogens with one attached hydrogen (secondary N) is 1. The minimum atomic E-state index is 0.675. The minimum Gasteiger partial charge on any atom is -0.314 e. The van der Waals surface area contributed by atoms with Crippen LogP contribution in [0.1, 0.15) is 42.9 Å². The van der Waals surface area contributed by atoms with Gasteiger partial charge in [-0.1, -0.05) is 49.1 Å². The first-order valence-electron chi connectivity index (χ1n) is 6.98. The fourth-order valence-corrected chi connectivity index (χ4v) is 2.75. The van der Waals surface area contributed by atoms with Crippen molar-refractivity contribution >= 4 is 0 Å². The van der Waals surface area contributed by atoms with E-state index < -0.39 is 0 Å². The molecular weight excluding hydrogens is 206 g/mol. The summed E-state index contributed by atoms with van der Waals surface area (Å²) < 4.78 is 0. The maximum Gasteiger partial charge on any atom is 0.0110 e. The molecule has 2 rings (SSSR count).